The Morgan fingerprint density at radius 3 is 2.62 bits per heavy atom. The average Bonchev–Trinajstić information content (AvgIpc) is 2.90. The van der Waals surface area contributed by atoms with Gasteiger partial charge in [-0.25, -0.2) is 4.72 Å². The number of nitrogens with one attached hydrogen (secondary N) is 2. The van der Waals surface area contributed by atoms with Crippen LogP contribution in [0.1, 0.15) is 27.7 Å². The van der Waals surface area contributed by atoms with Crippen LogP contribution in [-0.2, 0) is 0 Å². The van der Waals surface area contributed by atoms with Crippen LogP contribution >= 0.6 is 23.5 Å². The molecule has 0 radical (unpaired) electrons. The van der Waals surface area contributed by atoms with Crippen LogP contribution in [0.5, 0.6) is 0 Å². The molecule has 0 saturated heterocycles. The summed E-state index contributed by atoms with van der Waals surface area (Å²) in [6, 6.07) is 15.7. The Balaban J connectivity index is 1.95. The minimum absolute atomic E-state index is 0.0198. The number of benzene rings is 2. The number of hydrogen-bond donors (Lipinski definition) is 2. The summed E-state index contributed by atoms with van der Waals surface area (Å²) >= 11 is 7.09. The molecule has 0 bridgehead atoms. The summed E-state index contributed by atoms with van der Waals surface area (Å²) in [6.45, 7) is 0. The van der Waals surface area contributed by atoms with Crippen molar-refractivity contribution in [1.29, 1.82) is 0 Å². The zero-order valence-corrected chi connectivity index (χ0v) is 12.5. The van der Waals surface area contributed by atoms with E-state index in [1.54, 1.807) is 0 Å². The Morgan fingerprint density at radius 1 is 1.05 bits per heavy atom. The fraction of sp³-hybridized carbons (Fsp3) is 0.0625. The molecule has 2 N–H and O–H groups in total. The minimum Gasteiger partial charge on any atom is -0.351 e. The van der Waals surface area contributed by atoms with E-state index in [1.807, 2.05) is 48.5 Å². The predicted molar refractivity (Wildman–Crippen MR) is 86.7 cm³/mol. The van der Waals surface area contributed by atoms with Crippen LogP contribution in [0.25, 0.3) is 10.9 Å². The largest absolute Gasteiger partial charge is 0.351 e. The van der Waals surface area contributed by atoms with Crippen molar-refractivity contribution in [3.05, 3.63) is 70.4 Å². The number of carbonyl (C=O) groups excluding carboxylic acids is 1. The smallest absolute Gasteiger partial charge is 0.250 e. The first-order valence-corrected chi connectivity index (χ1v) is 7.76. The molecule has 5 heteroatoms. The summed E-state index contributed by atoms with van der Waals surface area (Å²) < 4.78 is 3.24. The quantitative estimate of drug-likeness (QED) is 0.658. The van der Waals surface area contributed by atoms with E-state index in [0.29, 0.717) is 10.7 Å². The number of carbonyl (C=O) groups is 1. The fourth-order valence-electron chi connectivity index (χ4n) is 2.74. The average molecular weight is 315 g/mol. The van der Waals surface area contributed by atoms with E-state index in [0.717, 1.165) is 34.0 Å². The van der Waals surface area contributed by atoms with Gasteiger partial charge in [-0.15, -0.1) is 0 Å². The Labute approximate surface area is 130 Å². The van der Waals surface area contributed by atoms with E-state index in [9.17, 15) is 4.79 Å². The molecule has 1 aliphatic rings. The lowest BCUT2D eigenvalue weighted by Crippen LogP contribution is -2.24. The molecule has 21 heavy (non-hydrogen) atoms. The van der Waals surface area contributed by atoms with Crippen molar-refractivity contribution >= 4 is 39.6 Å². The van der Waals surface area contributed by atoms with Gasteiger partial charge in [0.05, 0.1) is 6.04 Å². The van der Waals surface area contributed by atoms with E-state index in [-0.39, 0.29) is 11.2 Å². The van der Waals surface area contributed by atoms with E-state index < -0.39 is 0 Å². The SMILES string of the molecule is O=C1SNC(c2ccc(Cl)cc2)c2c1[nH]c1ccccc21. The Kier molecular flexibility index (Phi) is 3.03. The third-order valence-electron chi connectivity index (χ3n) is 3.71. The van der Waals surface area contributed by atoms with E-state index in [4.69, 9.17) is 11.6 Å². The molecular formula is C16H11ClN2OS. The molecule has 2 heterocycles. The molecule has 1 unspecified atom stereocenters. The molecule has 1 aliphatic heterocycles. The van der Waals surface area contributed by atoms with Crippen molar-refractivity contribution in [2.45, 2.75) is 6.04 Å². The normalized spacial score (nSPS) is 18.0. The van der Waals surface area contributed by atoms with Crippen molar-refractivity contribution in [3.63, 3.8) is 0 Å². The van der Waals surface area contributed by atoms with Crippen molar-refractivity contribution in [3.8, 4) is 0 Å². The first-order valence-electron chi connectivity index (χ1n) is 6.57. The molecule has 104 valence electrons. The van der Waals surface area contributed by atoms with Gasteiger partial charge in [0.2, 0.25) is 0 Å². The molecular weight excluding hydrogens is 304 g/mol. The molecule has 0 fully saturated rings. The Bertz CT molecular complexity index is 841. The van der Waals surface area contributed by atoms with Gasteiger partial charge in [-0.05, 0) is 23.8 Å². The molecule has 0 aliphatic carbocycles. The van der Waals surface area contributed by atoms with E-state index in [2.05, 4.69) is 9.71 Å². The summed E-state index contributed by atoms with van der Waals surface area (Å²) in [7, 11) is 0. The van der Waals surface area contributed by atoms with Gasteiger partial charge in [0, 0.05) is 33.4 Å². The number of H-pyrrole nitrogens is 1. The second kappa shape index (κ2) is 4.91. The van der Waals surface area contributed by atoms with Crippen LogP contribution in [0.3, 0.4) is 0 Å². The number of rotatable bonds is 1. The molecule has 3 nitrogen and oxygen atoms in total. The summed E-state index contributed by atoms with van der Waals surface area (Å²) in [5, 5.41) is 1.80. The lowest BCUT2D eigenvalue weighted by Gasteiger charge is -2.23. The second-order valence-corrected chi connectivity index (χ2v) is 6.20. The number of halogens is 1. The van der Waals surface area contributed by atoms with Gasteiger partial charge in [-0.2, -0.15) is 0 Å². The zero-order valence-electron chi connectivity index (χ0n) is 10.9. The number of para-hydroxylation sites is 1. The third-order valence-corrected chi connectivity index (χ3v) is 4.71. The van der Waals surface area contributed by atoms with Gasteiger partial charge in [0.25, 0.3) is 5.12 Å². The number of fused-ring (bicyclic) bond motifs is 3. The lowest BCUT2D eigenvalue weighted by atomic mass is 9.96. The van der Waals surface area contributed by atoms with Crippen LogP contribution in [0.4, 0.5) is 0 Å². The molecule has 1 aromatic heterocycles. The van der Waals surface area contributed by atoms with E-state index in [1.165, 1.54) is 0 Å². The van der Waals surface area contributed by atoms with Crippen molar-refractivity contribution < 1.29 is 4.79 Å². The summed E-state index contributed by atoms with van der Waals surface area (Å²) in [5.74, 6) is 0. The maximum atomic E-state index is 12.1. The number of aromatic amines is 1. The molecule has 1 atom stereocenters. The standard InChI is InChI=1S/C16H11ClN2OS/c17-10-7-5-9(6-8-10)14-13-11-3-1-2-4-12(11)18-15(13)16(20)21-19-14/h1-8,14,18-19H. The van der Waals surface area contributed by atoms with Crippen LogP contribution in [-0.4, -0.2) is 10.1 Å². The summed E-state index contributed by atoms with van der Waals surface area (Å²) in [4.78, 5) is 15.4. The monoisotopic (exact) mass is 314 g/mol. The van der Waals surface area contributed by atoms with Crippen LogP contribution < -0.4 is 4.72 Å². The number of hydrogen-bond acceptors (Lipinski definition) is 3. The predicted octanol–water partition coefficient (Wildman–Crippen LogP) is 4.30. The molecule has 2 aromatic carbocycles. The van der Waals surface area contributed by atoms with Crippen molar-refractivity contribution in [2.24, 2.45) is 0 Å². The third kappa shape index (κ3) is 2.07. The summed E-state index contributed by atoms with van der Waals surface area (Å²) in [5.41, 5.74) is 3.76. The minimum atomic E-state index is -0.0314. The Hall–Kier alpha value is -1.75. The highest BCUT2D eigenvalue weighted by Crippen LogP contribution is 2.38. The fourth-order valence-corrected chi connectivity index (χ4v) is 3.60. The van der Waals surface area contributed by atoms with Gasteiger partial charge < -0.3 is 4.98 Å². The van der Waals surface area contributed by atoms with Gasteiger partial charge in [0.1, 0.15) is 5.69 Å². The summed E-state index contributed by atoms with van der Waals surface area (Å²) in [6.07, 6.45) is 0. The van der Waals surface area contributed by atoms with Crippen molar-refractivity contribution in [1.82, 2.24) is 9.71 Å². The zero-order chi connectivity index (χ0) is 14.4. The molecule has 3 aromatic rings. The Morgan fingerprint density at radius 2 is 1.81 bits per heavy atom. The van der Waals surface area contributed by atoms with Gasteiger partial charge in [-0.1, -0.05) is 41.9 Å². The maximum absolute atomic E-state index is 12.1. The molecule has 0 amide bonds. The highest BCUT2D eigenvalue weighted by atomic mass is 35.5. The van der Waals surface area contributed by atoms with E-state index >= 15 is 0 Å². The van der Waals surface area contributed by atoms with Gasteiger partial charge in [0.15, 0.2) is 0 Å². The highest BCUT2D eigenvalue weighted by Gasteiger charge is 2.30. The molecule has 4 rings (SSSR count). The van der Waals surface area contributed by atoms with Crippen molar-refractivity contribution in [2.75, 3.05) is 0 Å². The molecule has 0 saturated carbocycles. The maximum Gasteiger partial charge on any atom is 0.250 e. The van der Waals surface area contributed by atoms with Crippen LogP contribution in [0.15, 0.2) is 48.5 Å². The van der Waals surface area contributed by atoms with Crippen LogP contribution in [0.2, 0.25) is 5.02 Å². The first-order chi connectivity index (χ1) is 10.2. The number of aromatic nitrogens is 1. The molecule has 0 spiro atoms. The first kappa shape index (κ1) is 13.0. The van der Waals surface area contributed by atoms with Gasteiger partial charge >= 0.3 is 0 Å². The lowest BCUT2D eigenvalue weighted by molar-refractivity contribution is 0.108. The highest BCUT2D eigenvalue weighted by molar-refractivity contribution is 8.12. The second-order valence-electron chi connectivity index (χ2n) is 4.95. The van der Waals surface area contributed by atoms with Gasteiger partial charge in [-0.3, -0.25) is 4.79 Å². The van der Waals surface area contributed by atoms with Crippen LogP contribution in [0, 0.1) is 0 Å². The topological polar surface area (TPSA) is 44.9 Å².